The lowest BCUT2D eigenvalue weighted by Gasteiger charge is -2.29. The summed E-state index contributed by atoms with van der Waals surface area (Å²) in [7, 11) is -3.59. The van der Waals surface area contributed by atoms with Gasteiger partial charge in [-0.3, -0.25) is 4.72 Å². The minimum absolute atomic E-state index is 0.125. The highest BCUT2D eigenvalue weighted by Crippen LogP contribution is 2.26. The van der Waals surface area contributed by atoms with Gasteiger partial charge in [-0.25, -0.2) is 0 Å². The Morgan fingerprint density at radius 2 is 2.05 bits per heavy atom. The highest BCUT2D eigenvalue weighted by molar-refractivity contribution is 7.90. The second-order valence-corrected chi connectivity index (χ2v) is 6.80. The topological polar surface area (TPSA) is 82.4 Å². The second-order valence-electron chi connectivity index (χ2n) is 5.13. The summed E-state index contributed by atoms with van der Waals surface area (Å²) in [6.07, 6.45) is 1.74. The lowest BCUT2D eigenvalue weighted by atomic mass is 10.0. The molecule has 6 nitrogen and oxygen atoms in total. The molecular formula is C14H19N3O3S. The van der Waals surface area contributed by atoms with Gasteiger partial charge >= 0.3 is 10.2 Å². The lowest BCUT2D eigenvalue weighted by Crippen LogP contribution is -2.41. The van der Waals surface area contributed by atoms with E-state index in [9.17, 15) is 8.42 Å². The van der Waals surface area contributed by atoms with Crippen LogP contribution in [-0.4, -0.2) is 32.4 Å². The van der Waals surface area contributed by atoms with Gasteiger partial charge in [0.05, 0.1) is 5.69 Å². The number of para-hydroxylation sites is 2. The summed E-state index contributed by atoms with van der Waals surface area (Å²) in [4.78, 5) is 0. The van der Waals surface area contributed by atoms with Crippen LogP contribution in [0.5, 0.6) is 5.75 Å². The highest BCUT2D eigenvalue weighted by Gasteiger charge is 2.27. The molecule has 1 N–H and O–H groups in total. The Morgan fingerprint density at radius 1 is 1.38 bits per heavy atom. The molecule has 0 spiro atoms. The van der Waals surface area contributed by atoms with Crippen LogP contribution in [0.2, 0.25) is 0 Å². The fraction of sp³-hybridized carbons (Fsp3) is 0.500. The van der Waals surface area contributed by atoms with E-state index in [4.69, 9.17) is 10.00 Å². The molecular weight excluding hydrogens is 290 g/mol. The van der Waals surface area contributed by atoms with E-state index in [0.29, 0.717) is 30.4 Å². The van der Waals surface area contributed by atoms with Crippen LogP contribution in [0, 0.1) is 17.2 Å². The zero-order chi connectivity index (χ0) is 15.3. The van der Waals surface area contributed by atoms with Crippen LogP contribution in [0.1, 0.15) is 19.8 Å². The van der Waals surface area contributed by atoms with E-state index in [2.05, 4.69) is 11.6 Å². The zero-order valence-electron chi connectivity index (χ0n) is 11.9. The Labute approximate surface area is 125 Å². The zero-order valence-corrected chi connectivity index (χ0v) is 12.8. The van der Waals surface area contributed by atoms with Gasteiger partial charge < -0.3 is 4.74 Å². The molecule has 0 unspecified atom stereocenters. The molecule has 114 valence electrons. The minimum atomic E-state index is -3.59. The van der Waals surface area contributed by atoms with Crippen LogP contribution in [-0.2, 0) is 10.2 Å². The molecule has 0 amide bonds. The third-order valence-electron chi connectivity index (χ3n) is 3.50. The van der Waals surface area contributed by atoms with Crippen molar-refractivity contribution in [1.82, 2.24) is 4.31 Å². The molecule has 7 heteroatoms. The van der Waals surface area contributed by atoms with E-state index in [1.165, 1.54) is 4.31 Å². The van der Waals surface area contributed by atoms with Gasteiger partial charge in [0.1, 0.15) is 11.8 Å². The van der Waals surface area contributed by atoms with Crippen molar-refractivity contribution in [3.05, 3.63) is 24.3 Å². The SMILES string of the molecule is CC1CCN(S(=O)(=O)Nc2ccccc2OCC#N)CC1. The van der Waals surface area contributed by atoms with E-state index < -0.39 is 10.2 Å². The number of hydrogen-bond donors (Lipinski definition) is 1. The Morgan fingerprint density at radius 3 is 2.71 bits per heavy atom. The molecule has 21 heavy (non-hydrogen) atoms. The third kappa shape index (κ3) is 4.09. The number of ether oxygens (including phenoxy) is 1. The number of hydrogen-bond acceptors (Lipinski definition) is 4. The minimum Gasteiger partial charge on any atom is -0.477 e. The molecule has 1 aromatic rings. The van der Waals surface area contributed by atoms with Crippen LogP contribution in [0.25, 0.3) is 0 Å². The fourth-order valence-corrected chi connectivity index (χ4v) is 3.48. The number of benzene rings is 1. The lowest BCUT2D eigenvalue weighted by molar-refractivity contribution is 0.289. The van der Waals surface area contributed by atoms with Gasteiger partial charge in [-0.05, 0) is 30.9 Å². The fourth-order valence-electron chi connectivity index (χ4n) is 2.22. The molecule has 0 saturated carbocycles. The standard InChI is InChI=1S/C14H19N3O3S/c1-12-6-9-17(10-7-12)21(18,19)16-13-4-2-3-5-14(13)20-11-8-15/h2-5,12,16H,6-7,9-11H2,1H3. The summed E-state index contributed by atoms with van der Waals surface area (Å²) >= 11 is 0. The van der Waals surface area contributed by atoms with Gasteiger partial charge in [0.2, 0.25) is 0 Å². The second kappa shape index (κ2) is 6.78. The predicted molar refractivity (Wildman–Crippen MR) is 80.1 cm³/mol. The van der Waals surface area contributed by atoms with Crippen LogP contribution in [0.3, 0.4) is 0 Å². The molecule has 1 aliphatic rings. The number of nitrogens with one attached hydrogen (secondary N) is 1. The van der Waals surface area contributed by atoms with Crippen molar-refractivity contribution in [2.45, 2.75) is 19.8 Å². The van der Waals surface area contributed by atoms with Gasteiger partial charge in [-0.1, -0.05) is 19.1 Å². The normalized spacial score (nSPS) is 17.1. The molecule has 0 atom stereocenters. The molecule has 0 radical (unpaired) electrons. The van der Waals surface area contributed by atoms with E-state index >= 15 is 0 Å². The van der Waals surface area contributed by atoms with Crippen molar-refractivity contribution in [2.75, 3.05) is 24.4 Å². The van der Waals surface area contributed by atoms with Crippen LogP contribution >= 0.6 is 0 Å². The van der Waals surface area contributed by atoms with Gasteiger partial charge in [-0.15, -0.1) is 0 Å². The Balaban J connectivity index is 2.11. The highest BCUT2D eigenvalue weighted by atomic mass is 32.2. The first-order valence-corrected chi connectivity index (χ1v) is 8.33. The largest absolute Gasteiger partial charge is 0.477 e. The Kier molecular flexibility index (Phi) is 5.04. The quantitative estimate of drug-likeness (QED) is 0.901. The number of anilines is 1. The maximum absolute atomic E-state index is 12.4. The predicted octanol–water partition coefficient (Wildman–Crippen LogP) is 1.98. The molecule has 1 saturated heterocycles. The Bertz CT molecular complexity index is 617. The Hall–Kier alpha value is -1.78. The van der Waals surface area contributed by atoms with Crippen LogP contribution in [0.4, 0.5) is 5.69 Å². The molecule has 0 aromatic heterocycles. The third-order valence-corrected chi connectivity index (χ3v) is 5.02. The monoisotopic (exact) mass is 309 g/mol. The molecule has 1 aromatic carbocycles. The van der Waals surface area contributed by atoms with Crippen LogP contribution in [0.15, 0.2) is 24.3 Å². The van der Waals surface area contributed by atoms with E-state index in [-0.39, 0.29) is 6.61 Å². The average molecular weight is 309 g/mol. The summed E-state index contributed by atoms with van der Waals surface area (Å²) in [6.45, 7) is 3.05. The summed E-state index contributed by atoms with van der Waals surface area (Å²) in [5.74, 6) is 0.913. The van der Waals surface area contributed by atoms with Gasteiger partial charge in [0, 0.05) is 13.1 Å². The summed E-state index contributed by atoms with van der Waals surface area (Å²) in [5.41, 5.74) is 0.353. The van der Waals surface area contributed by atoms with Crippen molar-refractivity contribution in [1.29, 1.82) is 5.26 Å². The number of piperidine rings is 1. The van der Waals surface area contributed by atoms with Crippen LogP contribution < -0.4 is 9.46 Å². The van der Waals surface area contributed by atoms with Crippen molar-refractivity contribution in [2.24, 2.45) is 5.92 Å². The maximum atomic E-state index is 12.4. The molecule has 1 aliphatic heterocycles. The molecule has 1 fully saturated rings. The first-order chi connectivity index (χ1) is 10.0. The number of rotatable bonds is 5. The molecule has 2 rings (SSSR count). The molecule has 0 aliphatic carbocycles. The van der Waals surface area contributed by atoms with Crippen molar-refractivity contribution in [3.63, 3.8) is 0 Å². The summed E-state index contributed by atoms with van der Waals surface area (Å²) < 4.78 is 34.0. The summed E-state index contributed by atoms with van der Waals surface area (Å²) in [5, 5.41) is 8.56. The molecule has 0 bridgehead atoms. The van der Waals surface area contributed by atoms with Gasteiger partial charge in [-0.2, -0.15) is 18.0 Å². The van der Waals surface area contributed by atoms with Crippen molar-refractivity contribution in [3.8, 4) is 11.8 Å². The first-order valence-electron chi connectivity index (χ1n) is 6.89. The molecule has 1 heterocycles. The maximum Gasteiger partial charge on any atom is 0.301 e. The number of nitriles is 1. The van der Waals surface area contributed by atoms with E-state index in [1.54, 1.807) is 24.3 Å². The summed E-state index contributed by atoms with van der Waals surface area (Å²) in [6, 6.07) is 8.57. The number of nitrogens with zero attached hydrogens (tertiary/aromatic N) is 2. The van der Waals surface area contributed by atoms with Crippen molar-refractivity contribution >= 4 is 15.9 Å². The van der Waals surface area contributed by atoms with E-state index in [1.807, 2.05) is 6.07 Å². The first kappa shape index (κ1) is 15.6. The van der Waals surface area contributed by atoms with Gasteiger partial charge in [0.15, 0.2) is 6.61 Å². The van der Waals surface area contributed by atoms with Crippen molar-refractivity contribution < 1.29 is 13.2 Å². The smallest absolute Gasteiger partial charge is 0.301 e. The average Bonchev–Trinajstić information content (AvgIpc) is 2.46. The van der Waals surface area contributed by atoms with E-state index in [0.717, 1.165) is 12.8 Å². The van der Waals surface area contributed by atoms with Gasteiger partial charge in [0.25, 0.3) is 0 Å².